The minimum absolute atomic E-state index is 0.114. The molecule has 20 heavy (non-hydrogen) atoms. The van der Waals surface area contributed by atoms with E-state index in [9.17, 15) is 9.00 Å². The number of amides is 1. The van der Waals surface area contributed by atoms with E-state index < -0.39 is 10.8 Å². The molecule has 0 aliphatic heterocycles. The molecule has 1 aromatic heterocycles. The summed E-state index contributed by atoms with van der Waals surface area (Å²) in [6, 6.07) is 3.53. The molecule has 0 bridgehead atoms. The second-order valence-electron chi connectivity index (χ2n) is 4.70. The maximum absolute atomic E-state index is 12.0. The van der Waals surface area contributed by atoms with Crippen LogP contribution >= 0.6 is 0 Å². The summed E-state index contributed by atoms with van der Waals surface area (Å²) < 4.78 is 10.9. The maximum atomic E-state index is 12.0. The summed E-state index contributed by atoms with van der Waals surface area (Å²) in [6.07, 6.45) is 3.39. The zero-order valence-corrected chi connectivity index (χ0v) is 13.2. The van der Waals surface area contributed by atoms with Gasteiger partial charge in [-0.15, -0.1) is 0 Å². The van der Waals surface area contributed by atoms with E-state index >= 15 is 0 Å². The van der Waals surface area contributed by atoms with Crippen LogP contribution in [0.15, 0.2) is 12.1 Å². The van der Waals surface area contributed by atoms with Gasteiger partial charge in [-0.3, -0.25) is 9.00 Å². The zero-order chi connectivity index (χ0) is 15.0. The Hall–Kier alpha value is -1.43. The fourth-order valence-electron chi connectivity index (χ4n) is 1.72. The summed E-state index contributed by atoms with van der Waals surface area (Å²) in [5, 5.41) is 6.02. The van der Waals surface area contributed by atoms with Crippen molar-refractivity contribution in [2.24, 2.45) is 0 Å². The van der Waals surface area contributed by atoms with E-state index in [0.717, 1.165) is 30.9 Å². The second-order valence-corrected chi connectivity index (χ2v) is 6.25. The number of hydrogen-bond donors (Lipinski definition) is 2. The van der Waals surface area contributed by atoms with Gasteiger partial charge in [0.15, 0.2) is 0 Å². The molecule has 0 saturated carbocycles. The van der Waals surface area contributed by atoms with Crippen molar-refractivity contribution in [2.45, 2.75) is 26.7 Å². The molecule has 0 aliphatic carbocycles. The summed E-state index contributed by atoms with van der Waals surface area (Å²) >= 11 is 0. The highest BCUT2D eigenvalue weighted by Crippen LogP contribution is 2.10. The van der Waals surface area contributed by atoms with Crippen LogP contribution in [0, 0.1) is 6.92 Å². The largest absolute Gasteiger partial charge is 0.370 e. The minimum Gasteiger partial charge on any atom is -0.370 e. The predicted molar refractivity (Wildman–Crippen MR) is 83.6 cm³/mol. The molecular weight excluding hydrogens is 274 g/mol. The Morgan fingerprint density at radius 2 is 2.10 bits per heavy atom. The van der Waals surface area contributed by atoms with Crippen molar-refractivity contribution in [3.63, 3.8) is 0 Å². The van der Waals surface area contributed by atoms with Gasteiger partial charge < -0.3 is 10.6 Å². The molecule has 1 unspecified atom stereocenters. The molecule has 0 radical (unpaired) electrons. The Bertz CT molecular complexity index is 477. The lowest BCUT2D eigenvalue weighted by Crippen LogP contribution is -2.25. The molecule has 1 aromatic rings. The molecule has 0 fully saturated rings. The van der Waals surface area contributed by atoms with Gasteiger partial charge in [0, 0.05) is 47.2 Å². The minimum atomic E-state index is -0.807. The van der Waals surface area contributed by atoms with Crippen molar-refractivity contribution in [1.29, 1.82) is 0 Å². The number of anilines is 1. The van der Waals surface area contributed by atoms with Crippen molar-refractivity contribution in [2.75, 3.05) is 30.4 Å². The van der Waals surface area contributed by atoms with Gasteiger partial charge in [0.05, 0.1) is 0 Å². The van der Waals surface area contributed by atoms with Crippen LogP contribution in [-0.2, 0) is 10.8 Å². The molecule has 2 N–H and O–H groups in total. The number of pyridine rings is 1. The maximum Gasteiger partial charge on any atom is 0.251 e. The van der Waals surface area contributed by atoms with Gasteiger partial charge in [0.1, 0.15) is 5.82 Å². The Balaban J connectivity index is 2.58. The van der Waals surface area contributed by atoms with Gasteiger partial charge in [0.25, 0.3) is 5.91 Å². The summed E-state index contributed by atoms with van der Waals surface area (Å²) in [6.45, 7) is 5.32. The lowest BCUT2D eigenvalue weighted by atomic mass is 10.2. The normalized spacial score (nSPS) is 11.9. The number of carbonyl (C=O) groups is 1. The van der Waals surface area contributed by atoms with Crippen LogP contribution in [0.1, 0.15) is 35.8 Å². The number of aryl methyl sites for hydroxylation is 1. The van der Waals surface area contributed by atoms with Crippen LogP contribution in [0.2, 0.25) is 0 Å². The number of rotatable bonds is 8. The number of nitrogens with one attached hydrogen (secondary N) is 2. The van der Waals surface area contributed by atoms with E-state index in [1.807, 2.05) is 6.92 Å². The highest BCUT2D eigenvalue weighted by atomic mass is 32.2. The molecule has 1 rings (SSSR count). The Labute approximate surface area is 123 Å². The third kappa shape index (κ3) is 6.14. The van der Waals surface area contributed by atoms with Gasteiger partial charge >= 0.3 is 0 Å². The van der Waals surface area contributed by atoms with Crippen molar-refractivity contribution in [1.82, 2.24) is 10.3 Å². The fraction of sp³-hybridized carbons (Fsp3) is 0.571. The monoisotopic (exact) mass is 297 g/mol. The van der Waals surface area contributed by atoms with Gasteiger partial charge in [-0.1, -0.05) is 6.92 Å². The van der Waals surface area contributed by atoms with Crippen LogP contribution in [-0.4, -0.2) is 40.2 Å². The van der Waals surface area contributed by atoms with Crippen molar-refractivity contribution >= 4 is 22.5 Å². The molecule has 112 valence electrons. The average molecular weight is 297 g/mol. The number of carbonyl (C=O) groups excluding carboxylic acids is 1. The molecule has 6 heteroatoms. The van der Waals surface area contributed by atoms with E-state index in [1.165, 1.54) is 0 Å². The van der Waals surface area contributed by atoms with E-state index in [-0.39, 0.29) is 5.91 Å². The fourth-order valence-corrected chi connectivity index (χ4v) is 2.27. The molecule has 0 spiro atoms. The first kappa shape index (κ1) is 16.6. The molecule has 1 heterocycles. The van der Waals surface area contributed by atoms with Crippen LogP contribution in [0.3, 0.4) is 0 Å². The Morgan fingerprint density at radius 3 is 2.75 bits per heavy atom. The standard InChI is InChI=1S/C14H23N3O2S/c1-4-6-15-13-10-12(9-11(2)17-13)14(18)16-7-5-8-20(3)19/h9-10H,4-8H2,1-3H3,(H,15,17)(H,16,18). The zero-order valence-electron chi connectivity index (χ0n) is 12.4. The summed E-state index contributed by atoms with van der Waals surface area (Å²) in [5.41, 5.74) is 1.42. The number of hydrogen-bond acceptors (Lipinski definition) is 4. The average Bonchev–Trinajstić information content (AvgIpc) is 2.40. The van der Waals surface area contributed by atoms with Crippen molar-refractivity contribution in [3.05, 3.63) is 23.4 Å². The first-order chi connectivity index (χ1) is 9.52. The molecule has 1 amide bonds. The first-order valence-electron chi connectivity index (χ1n) is 6.83. The topological polar surface area (TPSA) is 71.1 Å². The molecule has 0 aliphatic rings. The summed E-state index contributed by atoms with van der Waals surface area (Å²) in [7, 11) is -0.807. The second kappa shape index (κ2) is 8.68. The van der Waals surface area contributed by atoms with Gasteiger partial charge in [0.2, 0.25) is 0 Å². The van der Waals surface area contributed by atoms with Crippen LogP contribution in [0.4, 0.5) is 5.82 Å². The molecule has 1 atom stereocenters. The number of nitrogens with zero attached hydrogens (tertiary/aromatic N) is 1. The molecular formula is C14H23N3O2S. The van der Waals surface area contributed by atoms with Gasteiger partial charge in [-0.25, -0.2) is 4.98 Å². The highest BCUT2D eigenvalue weighted by Gasteiger charge is 2.08. The summed E-state index contributed by atoms with van der Waals surface area (Å²) in [4.78, 5) is 16.4. The lowest BCUT2D eigenvalue weighted by Gasteiger charge is -2.09. The van der Waals surface area contributed by atoms with E-state index in [0.29, 0.717) is 17.9 Å². The Morgan fingerprint density at radius 1 is 1.35 bits per heavy atom. The van der Waals surface area contributed by atoms with E-state index in [4.69, 9.17) is 0 Å². The SMILES string of the molecule is CCCNc1cc(C(=O)NCCCS(C)=O)cc(C)n1. The van der Waals surface area contributed by atoms with Crippen LogP contribution in [0.25, 0.3) is 0 Å². The van der Waals surface area contributed by atoms with E-state index in [2.05, 4.69) is 22.5 Å². The van der Waals surface area contributed by atoms with E-state index in [1.54, 1.807) is 18.4 Å². The lowest BCUT2D eigenvalue weighted by molar-refractivity contribution is 0.0953. The first-order valence-corrected chi connectivity index (χ1v) is 8.56. The highest BCUT2D eigenvalue weighted by molar-refractivity contribution is 7.84. The molecule has 5 nitrogen and oxygen atoms in total. The van der Waals surface area contributed by atoms with Gasteiger partial charge in [-0.2, -0.15) is 0 Å². The Kier molecular flexibility index (Phi) is 7.22. The van der Waals surface area contributed by atoms with Crippen molar-refractivity contribution in [3.8, 4) is 0 Å². The molecule has 0 aromatic carbocycles. The smallest absolute Gasteiger partial charge is 0.251 e. The quantitative estimate of drug-likeness (QED) is 0.717. The van der Waals surface area contributed by atoms with Crippen LogP contribution < -0.4 is 10.6 Å². The van der Waals surface area contributed by atoms with Crippen molar-refractivity contribution < 1.29 is 9.00 Å². The number of aromatic nitrogens is 1. The predicted octanol–water partition coefficient (Wildman–Crippen LogP) is 1.71. The summed E-state index contributed by atoms with van der Waals surface area (Å²) in [5.74, 6) is 1.22. The third-order valence-corrected chi connectivity index (χ3v) is 3.53. The molecule has 0 saturated heterocycles. The third-order valence-electron chi connectivity index (χ3n) is 2.67. The van der Waals surface area contributed by atoms with Crippen LogP contribution in [0.5, 0.6) is 0 Å². The van der Waals surface area contributed by atoms with Gasteiger partial charge in [-0.05, 0) is 31.9 Å².